The summed E-state index contributed by atoms with van der Waals surface area (Å²) in [5, 5.41) is 6.94. The summed E-state index contributed by atoms with van der Waals surface area (Å²) in [6.07, 6.45) is 9.29. The smallest absolute Gasteiger partial charge is 0.191 e. The highest BCUT2D eigenvalue weighted by Crippen LogP contribution is 2.40. The molecule has 2 aliphatic rings. The van der Waals surface area contributed by atoms with E-state index in [0.29, 0.717) is 18.1 Å². The van der Waals surface area contributed by atoms with Crippen molar-refractivity contribution in [2.24, 2.45) is 4.99 Å². The highest BCUT2D eigenvalue weighted by atomic mass is 16.5. The van der Waals surface area contributed by atoms with Crippen LogP contribution in [0.3, 0.4) is 0 Å². The summed E-state index contributed by atoms with van der Waals surface area (Å²) in [5.41, 5.74) is 1.42. The van der Waals surface area contributed by atoms with Crippen LogP contribution in [0.4, 0.5) is 0 Å². The van der Waals surface area contributed by atoms with E-state index in [1.807, 2.05) is 7.05 Å². The Morgan fingerprint density at radius 3 is 2.71 bits per heavy atom. The van der Waals surface area contributed by atoms with Crippen LogP contribution < -0.4 is 10.6 Å². The predicted octanol–water partition coefficient (Wildman–Crippen LogP) is 3.45. The van der Waals surface area contributed by atoms with Gasteiger partial charge in [-0.05, 0) is 31.2 Å². The number of ether oxygens (including phenoxy) is 1. The van der Waals surface area contributed by atoms with Crippen molar-refractivity contribution in [3.63, 3.8) is 0 Å². The lowest BCUT2D eigenvalue weighted by molar-refractivity contribution is 0.0277. The van der Waals surface area contributed by atoms with E-state index in [9.17, 15) is 0 Å². The molecule has 24 heavy (non-hydrogen) atoms. The van der Waals surface area contributed by atoms with Gasteiger partial charge in [0.05, 0.1) is 6.10 Å². The number of hydrogen-bond acceptors (Lipinski definition) is 2. The predicted molar refractivity (Wildman–Crippen MR) is 99.5 cm³/mol. The molecular weight excluding hydrogens is 298 g/mol. The molecule has 0 aromatic heterocycles. The second-order valence-corrected chi connectivity index (χ2v) is 6.99. The molecule has 2 N–H and O–H groups in total. The largest absolute Gasteiger partial charge is 0.378 e. The van der Waals surface area contributed by atoms with Gasteiger partial charge < -0.3 is 15.4 Å². The van der Waals surface area contributed by atoms with Crippen molar-refractivity contribution in [1.29, 1.82) is 0 Å². The number of nitrogens with one attached hydrogen (secondary N) is 2. The lowest BCUT2D eigenvalue weighted by Gasteiger charge is -2.22. The third-order valence-electron chi connectivity index (χ3n) is 5.08. The van der Waals surface area contributed by atoms with Crippen LogP contribution in [0.2, 0.25) is 0 Å². The molecule has 0 spiro atoms. The second-order valence-electron chi connectivity index (χ2n) is 6.99. The third-order valence-corrected chi connectivity index (χ3v) is 5.08. The molecule has 1 aromatic rings. The van der Waals surface area contributed by atoms with Gasteiger partial charge in [-0.1, -0.05) is 49.6 Å². The fourth-order valence-corrected chi connectivity index (χ4v) is 3.55. The molecule has 2 fully saturated rings. The topological polar surface area (TPSA) is 45.7 Å². The zero-order valence-corrected chi connectivity index (χ0v) is 14.8. The number of aliphatic imine (C=N–C) groups is 1. The maximum Gasteiger partial charge on any atom is 0.191 e. The maximum absolute atomic E-state index is 5.97. The SMILES string of the molecule is CN=C(NCCCOC1CCCCC1)NC1CC1c1ccccc1. The molecule has 2 atom stereocenters. The highest BCUT2D eigenvalue weighted by Gasteiger charge is 2.38. The van der Waals surface area contributed by atoms with Crippen molar-refractivity contribution in [3.05, 3.63) is 35.9 Å². The van der Waals surface area contributed by atoms with Crippen molar-refractivity contribution in [2.75, 3.05) is 20.2 Å². The van der Waals surface area contributed by atoms with Crippen LogP contribution in [0.15, 0.2) is 35.3 Å². The van der Waals surface area contributed by atoms with Gasteiger partial charge in [-0.3, -0.25) is 4.99 Å². The summed E-state index contributed by atoms with van der Waals surface area (Å²) in [6.45, 7) is 1.76. The van der Waals surface area contributed by atoms with E-state index in [0.717, 1.165) is 25.5 Å². The first kappa shape index (κ1) is 17.3. The minimum Gasteiger partial charge on any atom is -0.378 e. The Hall–Kier alpha value is -1.55. The lowest BCUT2D eigenvalue weighted by Crippen LogP contribution is -2.39. The molecule has 2 aliphatic carbocycles. The van der Waals surface area contributed by atoms with E-state index in [1.54, 1.807) is 0 Å². The summed E-state index contributed by atoms with van der Waals surface area (Å²) >= 11 is 0. The van der Waals surface area contributed by atoms with Crippen molar-refractivity contribution in [1.82, 2.24) is 10.6 Å². The minimum atomic E-state index is 0.509. The summed E-state index contributed by atoms with van der Waals surface area (Å²) in [6, 6.07) is 11.2. The first-order valence-electron chi connectivity index (χ1n) is 9.50. The standard InChI is InChI=1S/C20H31N3O/c1-21-20(22-13-8-14-24-17-11-6-3-7-12-17)23-19-15-18(19)16-9-4-2-5-10-16/h2,4-5,9-10,17-19H,3,6-8,11-15H2,1H3,(H2,21,22,23). The number of guanidine groups is 1. The molecule has 132 valence electrons. The summed E-state index contributed by atoms with van der Waals surface area (Å²) in [5.74, 6) is 1.54. The first-order valence-corrected chi connectivity index (χ1v) is 9.50. The van der Waals surface area contributed by atoms with E-state index < -0.39 is 0 Å². The Balaban J connectivity index is 1.29. The van der Waals surface area contributed by atoms with Crippen LogP contribution in [0.25, 0.3) is 0 Å². The number of hydrogen-bond donors (Lipinski definition) is 2. The van der Waals surface area contributed by atoms with Gasteiger partial charge in [0, 0.05) is 32.2 Å². The molecule has 1 aromatic carbocycles. The van der Waals surface area contributed by atoms with E-state index >= 15 is 0 Å². The van der Waals surface area contributed by atoms with E-state index in [2.05, 4.69) is 46.0 Å². The van der Waals surface area contributed by atoms with E-state index in [4.69, 9.17) is 4.74 Å². The summed E-state index contributed by atoms with van der Waals surface area (Å²) in [7, 11) is 1.84. The molecule has 2 unspecified atom stereocenters. The van der Waals surface area contributed by atoms with Gasteiger partial charge in [0.2, 0.25) is 0 Å². The van der Waals surface area contributed by atoms with Crippen LogP contribution in [-0.2, 0) is 4.74 Å². The Morgan fingerprint density at radius 2 is 1.96 bits per heavy atom. The normalized spacial score (nSPS) is 24.6. The molecule has 0 aliphatic heterocycles. The zero-order valence-electron chi connectivity index (χ0n) is 14.8. The van der Waals surface area contributed by atoms with Crippen LogP contribution in [0.1, 0.15) is 56.4 Å². The average molecular weight is 329 g/mol. The number of nitrogens with zero attached hydrogens (tertiary/aromatic N) is 1. The van der Waals surface area contributed by atoms with Gasteiger partial charge in [0.1, 0.15) is 0 Å². The molecule has 3 rings (SSSR count). The molecule has 4 heteroatoms. The minimum absolute atomic E-state index is 0.509. The van der Waals surface area contributed by atoms with Gasteiger partial charge in [-0.2, -0.15) is 0 Å². The molecular formula is C20H31N3O. The molecule has 0 radical (unpaired) electrons. The van der Waals surface area contributed by atoms with Crippen LogP contribution in [0.5, 0.6) is 0 Å². The Bertz CT molecular complexity index is 511. The van der Waals surface area contributed by atoms with Crippen molar-refractivity contribution in [2.45, 2.75) is 63.0 Å². The lowest BCUT2D eigenvalue weighted by atomic mass is 9.98. The Labute approximate surface area is 146 Å². The average Bonchev–Trinajstić information content (AvgIpc) is 3.41. The molecule has 0 heterocycles. The van der Waals surface area contributed by atoms with Crippen LogP contribution in [-0.4, -0.2) is 38.3 Å². The van der Waals surface area contributed by atoms with Crippen LogP contribution >= 0.6 is 0 Å². The molecule has 0 bridgehead atoms. The molecule has 0 amide bonds. The van der Waals surface area contributed by atoms with Gasteiger partial charge in [0.15, 0.2) is 5.96 Å². The van der Waals surface area contributed by atoms with Crippen LogP contribution in [0, 0.1) is 0 Å². The van der Waals surface area contributed by atoms with Gasteiger partial charge >= 0.3 is 0 Å². The number of benzene rings is 1. The summed E-state index contributed by atoms with van der Waals surface area (Å²) < 4.78 is 5.97. The van der Waals surface area contributed by atoms with Crippen molar-refractivity contribution >= 4 is 5.96 Å². The fourth-order valence-electron chi connectivity index (χ4n) is 3.55. The van der Waals surface area contributed by atoms with Crippen molar-refractivity contribution < 1.29 is 4.74 Å². The van der Waals surface area contributed by atoms with E-state index in [1.165, 1.54) is 44.1 Å². The quantitative estimate of drug-likeness (QED) is 0.457. The zero-order chi connectivity index (χ0) is 16.6. The maximum atomic E-state index is 5.97. The first-order chi connectivity index (χ1) is 11.9. The van der Waals surface area contributed by atoms with Crippen molar-refractivity contribution in [3.8, 4) is 0 Å². The molecule has 4 nitrogen and oxygen atoms in total. The van der Waals surface area contributed by atoms with Gasteiger partial charge in [-0.25, -0.2) is 0 Å². The Kier molecular flexibility index (Phi) is 6.53. The number of rotatable bonds is 7. The van der Waals surface area contributed by atoms with Gasteiger partial charge in [-0.15, -0.1) is 0 Å². The highest BCUT2D eigenvalue weighted by molar-refractivity contribution is 5.80. The second kappa shape index (κ2) is 9.07. The van der Waals surface area contributed by atoms with E-state index in [-0.39, 0.29) is 0 Å². The molecule has 2 saturated carbocycles. The van der Waals surface area contributed by atoms with Gasteiger partial charge in [0.25, 0.3) is 0 Å². The third kappa shape index (κ3) is 5.23. The monoisotopic (exact) mass is 329 g/mol. The Morgan fingerprint density at radius 1 is 1.17 bits per heavy atom. The summed E-state index contributed by atoms with van der Waals surface area (Å²) in [4.78, 5) is 4.34. The molecule has 0 saturated heterocycles. The fraction of sp³-hybridized carbons (Fsp3) is 0.650.